The lowest BCUT2D eigenvalue weighted by Crippen LogP contribution is -2.30. The van der Waals surface area contributed by atoms with Gasteiger partial charge < -0.3 is 10.0 Å². The lowest BCUT2D eigenvalue weighted by atomic mass is 10.3. The summed E-state index contributed by atoms with van der Waals surface area (Å²) in [5, 5.41) is 8.68. The van der Waals surface area contributed by atoms with Gasteiger partial charge in [-0.15, -0.1) is 0 Å². The van der Waals surface area contributed by atoms with E-state index in [1.54, 1.807) is 0 Å². The zero-order chi connectivity index (χ0) is 13.9. The summed E-state index contributed by atoms with van der Waals surface area (Å²) in [4.78, 5) is 27.3. The van der Waals surface area contributed by atoms with Gasteiger partial charge in [0.2, 0.25) is 0 Å². The molecule has 0 unspecified atom stereocenters. The van der Waals surface area contributed by atoms with E-state index >= 15 is 0 Å². The molecule has 8 heteroatoms. The van der Waals surface area contributed by atoms with Gasteiger partial charge in [-0.2, -0.15) is 0 Å². The molecular weight excluding hydrogens is 302 g/mol. The Labute approximate surface area is 118 Å². The van der Waals surface area contributed by atoms with Crippen LogP contribution in [0.15, 0.2) is 6.20 Å². The summed E-state index contributed by atoms with van der Waals surface area (Å²) in [5.74, 6) is -1.51. The molecule has 0 saturated carbocycles. The number of amides is 1. The van der Waals surface area contributed by atoms with Crippen LogP contribution in [-0.2, 0) is 4.79 Å². The summed E-state index contributed by atoms with van der Waals surface area (Å²) in [6, 6.07) is 0. The Morgan fingerprint density at radius 2 is 1.94 bits per heavy atom. The van der Waals surface area contributed by atoms with Gasteiger partial charge in [-0.3, -0.25) is 9.59 Å². The summed E-state index contributed by atoms with van der Waals surface area (Å²) >= 11 is 17.3. The lowest BCUT2D eigenvalue weighted by Gasteiger charge is -2.16. The quantitative estimate of drug-likeness (QED) is 0.928. The topological polar surface area (TPSA) is 70.5 Å². The number of aliphatic carboxylic acids is 1. The molecule has 1 amide bonds. The maximum atomic E-state index is 11.9. The molecule has 0 fully saturated rings. The van der Waals surface area contributed by atoms with Crippen LogP contribution in [0.3, 0.4) is 0 Å². The molecule has 1 heterocycles. The van der Waals surface area contributed by atoms with Crippen LogP contribution in [0, 0.1) is 0 Å². The first-order valence-electron chi connectivity index (χ1n) is 4.81. The largest absolute Gasteiger partial charge is 0.481 e. The van der Waals surface area contributed by atoms with Crippen molar-refractivity contribution in [1.29, 1.82) is 0 Å². The Balaban J connectivity index is 2.90. The number of carboxylic acids is 1. The fraction of sp³-hybridized carbons (Fsp3) is 0.300. The van der Waals surface area contributed by atoms with Crippen molar-refractivity contribution < 1.29 is 14.7 Å². The monoisotopic (exact) mass is 310 g/mol. The molecule has 1 aromatic rings. The number of hydrogen-bond donors (Lipinski definition) is 1. The molecule has 1 rings (SSSR count). The van der Waals surface area contributed by atoms with Gasteiger partial charge in [-0.25, -0.2) is 4.98 Å². The van der Waals surface area contributed by atoms with Crippen molar-refractivity contribution in [3.63, 3.8) is 0 Å². The van der Waals surface area contributed by atoms with Gasteiger partial charge in [0.05, 0.1) is 21.5 Å². The lowest BCUT2D eigenvalue weighted by molar-refractivity contribution is -0.137. The minimum absolute atomic E-state index is 0.0447. The highest BCUT2D eigenvalue weighted by atomic mass is 35.5. The molecule has 0 aliphatic heterocycles. The van der Waals surface area contributed by atoms with E-state index in [0.717, 1.165) is 0 Å². The number of pyridine rings is 1. The van der Waals surface area contributed by atoms with E-state index in [9.17, 15) is 9.59 Å². The van der Waals surface area contributed by atoms with Crippen LogP contribution in [0.4, 0.5) is 0 Å². The smallest absolute Gasteiger partial charge is 0.305 e. The van der Waals surface area contributed by atoms with E-state index in [1.807, 2.05) is 0 Å². The molecule has 0 aliphatic carbocycles. The molecule has 0 radical (unpaired) electrons. The molecular formula is C10H9Cl3N2O3. The van der Waals surface area contributed by atoms with E-state index in [0.29, 0.717) is 0 Å². The summed E-state index contributed by atoms with van der Waals surface area (Å²) in [7, 11) is 1.45. The average Bonchev–Trinajstić information content (AvgIpc) is 2.32. The number of carbonyl (C=O) groups is 2. The molecule has 0 saturated heterocycles. The zero-order valence-electron chi connectivity index (χ0n) is 9.28. The van der Waals surface area contributed by atoms with E-state index < -0.39 is 11.9 Å². The van der Waals surface area contributed by atoms with Crippen LogP contribution >= 0.6 is 34.8 Å². The van der Waals surface area contributed by atoms with Gasteiger partial charge in [0.15, 0.2) is 0 Å². The SMILES string of the molecule is CN(CCC(=O)O)C(=O)c1ncc(Cl)c(Cl)c1Cl. The number of carbonyl (C=O) groups excluding carboxylic acids is 1. The molecule has 0 spiro atoms. The molecule has 1 N–H and O–H groups in total. The van der Waals surface area contributed by atoms with Gasteiger partial charge in [-0.1, -0.05) is 34.8 Å². The Bertz CT molecular complexity index is 494. The van der Waals surface area contributed by atoms with Crippen molar-refractivity contribution in [2.75, 3.05) is 13.6 Å². The van der Waals surface area contributed by atoms with Gasteiger partial charge >= 0.3 is 5.97 Å². The Hall–Kier alpha value is -1.04. The number of halogens is 3. The number of carboxylic acid groups (broad SMARTS) is 1. The first-order valence-corrected chi connectivity index (χ1v) is 5.94. The predicted molar refractivity (Wildman–Crippen MR) is 68.5 cm³/mol. The standard InChI is InChI=1S/C10H9Cl3N2O3/c1-15(3-2-6(16)17)10(18)9-8(13)7(12)5(11)4-14-9/h4H,2-3H2,1H3,(H,16,17). The van der Waals surface area contributed by atoms with Crippen molar-refractivity contribution >= 4 is 46.7 Å². The maximum Gasteiger partial charge on any atom is 0.305 e. The number of nitrogens with zero attached hydrogens (tertiary/aromatic N) is 2. The molecule has 1 aromatic heterocycles. The highest BCUT2D eigenvalue weighted by molar-refractivity contribution is 6.48. The average molecular weight is 312 g/mol. The summed E-state index contributed by atoms with van der Waals surface area (Å²) in [6.07, 6.45) is 1.05. The summed E-state index contributed by atoms with van der Waals surface area (Å²) in [5.41, 5.74) is -0.0565. The second-order valence-corrected chi connectivity index (χ2v) is 4.62. The third kappa shape index (κ3) is 3.48. The van der Waals surface area contributed by atoms with Crippen molar-refractivity contribution in [1.82, 2.24) is 9.88 Å². The van der Waals surface area contributed by atoms with Crippen LogP contribution in [-0.4, -0.2) is 40.5 Å². The number of aromatic nitrogens is 1. The van der Waals surface area contributed by atoms with Crippen LogP contribution in [0.5, 0.6) is 0 Å². The molecule has 0 bridgehead atoms. The number of rotatable bonds is 4. The second-order valence-electron chi connectivity index (χ2n) is 3.45. The van der Waals surface area contributed by atoms with Crippen molar-refractivity contribution in [2.45, 2.75) is 6.42 Å². The van der Waals surface area contributed by atoms with Gasteiger partial charge in [-0.05, 0) is 0 Å². The van der Waals surface area contributed by atoms with E-state index in [-0.39, 0.29) is 33.7 Å². The molecule has 0 aromatic carbocycles. The zero-order valence-corrected chi connectivity index (χ0v) is 11.6. The van der Waals surface area contributed by atoms with Crippen LogP contribution in [0.25, 0.3) is 0 Å². The highest BCUT2D eigenvalue weighted by Crippen LogP contribution is 2.31. The molecule has 0 atom stereocenters. The predicted octanol–water partition coefficient (Wildman–Crippen LogP) is 2.59. The molecule has 5 nitrogen and oxygen atoms in total. The van der Waals surface area contributed by atoms with Crippen LogP contribution in [0.1, 0.15) is 16.9 Å². The first-order chi connectivity index (χ1) is 8.34. The van der Waals surface area contributed by atoms with Gasteiger partial charge in [0.25, 0.3) is 5.91 Å². The van der Waals surface area contributed by atoms with E-state index in [1.165, 1.54) is 18.1 Å². The fourth-order valence-corrected chi connectivity index (χ4v) is 1.70. The summed E-state index contributed by atoms with van der Waals surface area (Å²) < 4.78 is 0. The fourth-order valence-electron chi connectivity index (χ4n) is 1.14. The minimum atomic E-state index is -0.997. The Morgan fingerprint density at radius 1 is 1.33 bits per heavy atom. The minimum Gasteiger partial charge on any atom is -0.481 e. The van der Waals surface area contributed by atoms with E-state index in [2.05, 4.69) is 4.98 Å². The third-order valence-electron chi connectivity index (χ3n) is 2.13. The van der Waals surface area contributed by atoms with Crippen molar-refractivity contribution in [2.24, 2.45) is 0 Å². The van der Waals surface area contributed by atoms with Crippen molar-refractivity contribution in [3.8, 4) is 0 Å². The van der Waals surface area contributed by atoms with Crippen molar-refractivity contribution in [3.05, 3.63) is 27.0 Å². The second kappa shape index (κ2) is 6.22. The Kier molecular flexibility index (Phi) is 5.19. The highest BCUT2D eigenvalue weighted by Gasteiger charge is 2.20. The first kappa shape index (κ1) is 15.0. The maximum absolute atomic E-state index is 11.9. The molecule has 98 valence electrons. The van der Waals surface area contributed by atoms with E-state index in [4.69, 9.17) is 39.9 Å². The Morgan fingerprint density at radius 3 is 2.50 bits per heavy atom. The molecule has 0 aliphatic rings. The summed E-state index contributed by atoms with van der Waals surface area (Å²) in [6.45, 7) is 0.0480. The third-order valence-corrected chi connectivity index (χ3v) is 3.37. The van der Waals surface area contributed by atoms with Gasteiger partial charge in [0, 0.05) is 19.8 Å². The number of hydrogen-bond acceptors (Lipinski definition) is 3. The van der Waals surface area contributed by atoms with Crippen LogP contribution < -0.4 is 0 Å². The van der Waals surface area contributed by atoms with Crippen LogP contribution in [0.2, 0.25) is 15.1 Å². The normalized spacial score (nSPS) is 10.2. The molecule has 18 heavy (non-hydrogen) atoms. The van der Waals surface area contributed by atoms with Gasteiger partial charge in [0.1, 0.15) is 5.69 Å².